The highest BCUT2D eigenvalue weighted by Crippen LogP contribution is 2.42. The summed E-state index contributed by atoms with van der Waals surface area (Å²) < 4.78 is 0. The fourth-order valence-corrected chi connectivity index (χ4v) is 3.91. The zero-order valence-corrected chi connectivity index (χ0v) is 16.8. The molecule has 0 saturated heterocycles. The van der Waals surface area contributed by atoms with E-state index in [1.165, 1.54) is 29.8 Å². The monoisotopic (exact) mass is 360 g/mol. The Labute approximate surface area is 157 Å². The average Bonchev–Trinajstić information content (AvgIpc) is 2.96. The highest BCUT2D eigenvalue weighted by Gasteiger charge is 2.41. The number of nitrogens with one attached hydrogen (secondary N) is 1. The maximum atomic E-state index is 6.59. The molecule has 0 aromatic heterocycles. The van der Waals surface area contributed by atoms with Crippen LogP contribution in [-0.4, -0.2) is 36.6 Å². The molecule has 4 nitrogen and oxygen atoms in total. The van der Waals surface area contributed by atoms with Crippen molar-refractivity contribution in [3.8, 4) is 0 Å². The largest absolute Gasteiger partial charge is 0.364 e. The van der Waals surface area contributed by atoms with Crippen LogP contribution in [0.25, 0.3) is 5.70 Å². The van der Waals surface area contributed by atoms with Crippen LogP contribution >= 0.6 is 12.6 Å². The molecule has 0 spiro atoms. The van der Waals surface area contributed by atoms with Crippen molar-refractivity contribution in [3.63, 3.8) is 0 Å². The molecule has 2 heterocycles. The van der Waals surface area contributed by atoms with Gasteiger partial charge in [-0.2, -0.15) is 12.6 Å². The number of para-hydroxylation sites is 1. The predicted octanol–water partition coefficient (Wildman–Crippen LogP) is 3.47. The smallest absolute Gasteiger partial charge is 0.120 e. The van der Waals surface area contributed by atoms with Crippen LogP contribution in [-0.2, 0) is 0 Å². The SMILES string of the molecule is CCCCC1NC2=C(c3ccccc3N(C)C2N)N1CC(C)(C)CS. The molecular weight excluding hydrogens is 328 g/mol. The molecule has 2 aliphatic heterocycles. The summed E-state index contributed by atoms with van der Waals surface area (Å²) >= 11 is 4.58. The number of nitrogens with two attached hydrogens (primary N) is 1. The van der Waals surface area contributed by atoms with E-state index in [2.05, 4.69) is 79.8 Å². The number of thiol groups is 1. The van der Waals surface area contributed by atoms with Gasteiger partial charge in [0.05, 0.1) is 17.6 Å². The Morgan fingerprint density at radius 1 is 1.28 bits per heavy atom. The molecule has 2 aliphatic rings. The van der Waals surface area contributed by atoms with E-state index in [0.29, 0.717) is 6.17 Å². The third-order valence-corrected chi connectivity index (χ3v) is 6.21. The molecular formula is C20H32N4S. The molecule has 2 unspecified atom stereocenters. The van der Waals surface area contributed by atoms with Gasteiger partial charge in [0.2, 0.25) is 0 Å². The van der Waals surface area contributed by atoms with Crippen LogP contribution in [0.15, 0.2) is 30.0 Å². The number of benzene rings is 1. The Kier molecular flexibility index (Phi) is 5.26. The van der Waals surface area contributed by atoms with Gasteiger partial charge in [-0.15, -0.1) is 0 Å². The third kappa shape index (κ3) is 3.36. The van der Waals surface area contributed by atoms with Crippen LogP contribution in [0.2, 0.25) is 0 Å². The van der Waals surface area contributed by atoms with E-state index in [1.54, 1.807) is 0 Å². The van der Waals surface area contributed by atoms with Gasteiger partial charge >= 0.3 is 0 Å². The minimum absolute atomic E-state index is 0.127. The Hall–Kier alpha value is -1.33. The fraction of sp³-hybridized carbons (Fsp3) is 0.600. The van der Waals surface area contributed by atoms with E-state index in [-0.39, 0.29) is 11.6 Å². The average molecular weight is 361 g/mol. The van der Waals surface area contributed by atoms with Crippen molar-refractivity contribution in [1.82, 2.24) is 10.2 Å². The first-order chi connectivity index (χ1) is 11.9. The van der Waals surface area contributed by atoms with Crippen molar-refractivity contribution in [2.24, 2.45) is 11.1 Å². The van der Waals surface area contributed by atoms with Crippen molar-refractivity contribution in [3.05, 3.63) is 35.5 Å². The quantitative estimate of drug-likeness (QED) is 0.680. The van der Waals surface area contributed by atoms with Gasteiger partial charge in [0, 0.05) is 24.8 Å². The molecule has 0 bridgehead atoms. The van der Waals surface area contributed by atoms with E-state index in [9.17, 15) is 0 Å². The molecule has 1 aromatic rings. The summed E-state index contributed by atoms with van der Waals surface area (Å²) in [5, 5.41) is 3.76. The van der Waals surface area contributed by atoms with Crippen LogP contribution in [0.3, 0.4) is 0 Å². The highest BCUT2D eigenvalue weighted by molar-refractivity contribution is 7.80. The molecule has 0 aliphatic carbocycles. The number of hydrogen-bond donors (Lipinski definition) is 3. The second-order valence-electron chi connectivity index (χ2n) is 8.09. The Morgan fingerprint density at radius 3 is 2.68 bits per heavy atom. The van der Waals surface area contributed by atoms with Gasteiger partial charge in [0.1, 0.15) is 6.17 Å². The summed E-state index contributed by atoms with van der Waals surface area (Å²) in [5.41, 5.74) is 11.7. The van der Waals surface area contributed by atoms with E-state index in [0.717, 1.165) is 24.4 Å². The zero-order valence-electron chi connectivity index (χ0n) is 15.9. The second kappa shape index (κ2) is 7.12. The summed E-state index contributed by atoms with van der Waals surface area (Å²) in [6.45, 7) is 7.80. The molecule has 3 N–H and O–H groups in total. The number of likely N-dealkylation sites (N-methyl/N-ethyl adjacent to an activating group) is 1. The lowest BCUT2D eigenvalue weighted by Gasteiger charge is -2.38. The van der Waals surface area contributed by atoms with Gasteiger partial charge in [-0.25, -0.2) is 0 Å². The van der Waals surface area contributed by atoms with Gasteiger partial charge in [0.15, 0.2) is 0 Å². The number of rotatable bonds is 6. The third-order valence-electron chi connectivity index (χ3n) is 5.35. The summed E-state index contributed by atoms with van der Waals surface area (Å²) in [5.74, 6) is 0.861. The molecule has 0 radical (unpaired) electrons. The summed E-state index contributed by atoms with van der Waals surface area (Å²) in [7, 11) is 2.08. The van der Waals surface area contributed by atoms with E-state index >= 15 is 0 Å². The molecule has 25 heavy (non-hydrogen) atoms. The van der Waals surface area contributed by atoms with Crippen molar-refractivity contribution >= 4 is 24.0 Å². The lowest BCUT2D eigenvalue weighted by atomic mass is 9.93. The molecule has 2 atom stereocenters. The first-order valence-electron chi connectivity index (χ1n) is 9.35. The van der Waals surface area contributed by atoms with Crippen LogP contribution in [0.5, 0.6) is 0 Å². The molecule has 5 heteroatoms. The fourth-order valence-electron chi connectivity index (χ4n) is 3.81. The Morgan fingerprint density at radius 2 is 2.00 bits per heavy atom. The zero-order chi connectivity index (χ0) is 18.2. The number of unbranched alkanes of at least 4 members (excludes halogenated alkanes) is 1. The highest BCUT2D eigenvalue weighted by atomic mass is 32.1. The van der Waals surface area contributed by atoms with Crippen LogP contribution in [0.1, 0.15) is 45.6 Å². The van der Waals surface area contributed by atoms with Gasteiger partial charge < -0.3 is 20.9 Å². The molecule has 138 valence electrons. The molecule has 3 rings (SSSR count). The predicted molar refractivity (Wildman–Crippen MR) is 111 cm³/mol. The second-order valence-corrected chi connectivity index (χ2v) is 8.40. The van der Waals surface area contributed by atoms with Crippen molar-refractivity contribution in [1.29, 1.82) is 0 Å². The van der Waals surface area contributed by atoms with Gasteiger partial charge in [0.25, 0.3) is 0 Å². The number of hydrogen-bond acceptors (Lipinski definition) is 5. The lowest BCUT2D eigenvalue weighted by Crippen LogP contribution is -2.47. The van der Waals surface area contributed by atoms with Crippen molar-refractivity contribution in [2.75, 3.05) is 24.2 Å². The van der Waals surface area contributed by atoms with Gasteiger partial charge in [-0.05, 0) is 30.1 Å². The number of anilines is 1. The Balaban J connectivity index is 2.03. The maximum Gasteiger partial charge on any atom is 0.120 e. The minimum Gasteiger partial charge on any atom is -0.364 e. The van der Waals surface area contributed by atoms with Crippen LogP contribution in [0.4, 0.5) is 5.69 Å². The van der Waals surface area contributed by atoms with Gasteiger partial charge in [-0.3, -0.25) is 0 Å². The maximum absolute atomic E-state index is 6.59. The van der Waals surface area contributed by atoms with E-state index in [4.69, 9.17) is 5.73 Å². The molecule has 1 aromatic carbocycles. The lowest BCUT2D eigenvalue weighted by molar-refractivity contribution is 0.202. The minimum atomic E-state index is -0.127. The first-order valence-corrected chi connectivity index (χ1v) is 9.99. The summed E-state index contributed by atoms with van der Waals surface area (Å²) in [6, 6.07) is 8.60. The number of nitrogens with zero attached hydrogens (tertiary/aromatic N) is 2. The Bertz CT molecular complexity index is 655. The number of fused-ring (bicyclic) bond motifs is 2. The van der Waals surface area contributed by atoms with Gasteiger partial charge in [-0.1, -0.05) is 45.4 Å². The molecule has 0 saturated carbocycles. The van der Waals surface area contributed by atoms with Crippen LogP contribution < -0.4 is 16.0 Å². The summed E-state index contributed by atoms with van der Waals surface area (Å²) in [6.07, 6.45) is 3.73. The van der Waals surface area contributed by atoms with Crippen molar-refractivity contribution < 1.29 is 0 Å². The van der Waals surface area contributed by atoms with Crippen molar-refractivity contribution in [2.45, 2.75) is 52.4 Å². The van der Waals surface area contributed by atoms with E-state index < -0.39 is 0 Å². The summed E-state index contributed by atoms with van der Waals surface area (Å²) in [4.78, 5) is 4.72. The molecule has 0 amide bonds. The van der Waals surface area contributed by atoms with E-state index in [1.807, 2.05) is 0 Å². The first kappa shape index (κ1) is 18.5. The van der Waals surface area contributed by atoms with Crippen LogP contribution in [0, 0.1) is 5.41 Å². The molecule has 0 fully saturated rings. The topological polar surface area (TPSA) is 44.5 Å². The standard InChI is InChI=1S/C20H32N4S/c1-5-6-11-16-22-17-18(24(16)12-20(2,3)13-25)14-9-7-8-10-15(14)23(4)19(17)21/h7-10,16,19,22,25H,5-6,11-13,21H2,1-4H3. The normalized spacial score (nSPS) is 22.8.